The standard InChI is InChI=1S/C27H30N6O3/c1-19-6-5-11-33-24(19)30-25-22(27(33)35)18-21(26(34)29-10-9-20-7-3-2-4-8-20)23(28)32(25)13-12-31-14-16-36-17-15-31/h2-8,11,18,28H,9-10,12-17H2,1H3,(H,29,34)/p+1. The predicted molar refractivity (Wildman–Crippen MR) is 138 cm³/mol. The van der Waals surface area contributed by atoms with E-state index in [9.17, 15) is 9.59 Å². The summed E-state index contributed by atoms with van der Waals surface area (Å²) in [5, 5.41) is 3.33. The summed E-state index contributed by atoms with van der Waals surface area (Å²) in [6.45, 7) is 6.63. The molecule has 4 heterocycles. The fraction of sp³-hybridized carbons (Fsp3) is 0.333. The highest BCUT2D eigenvalue weighted by Gasteiger charge is 2.25. The zero-order chi connectivity index (χ0) is 25.1. The normalized spacial score (nSPS) is 14.4. The van der Waals surface area contributed by atoms with Gasteiger partial charge in [-0.25, -0.2) is 4.57 Å². The molecule has 9 nitrogen and oxygen atoms in total. The van der Waals surface area contributed by atoms with Crippen LogP contribution in [0.4, 0.5) is 5.82 Å². The van der Waals surface area contributed by atoms with Crippen LogP contribution in [-0.2, 0) is 17.7 Å². The summed E-state index contributed by atoms with van der Waals surface area (Å²) in [7, 11) is 0. The number of nitrogens with one attached hydrogen (secondary N) is 1. The Hall–Kier alpha value is -3.82. The van der Waals surface area contributed by atoms with Crippen LogP contribution >= 0.6 is 0 Å². The summed E-state index contributed by atoms with van der Waals surface area (Å²) in [4.78, 5) is 33.8. The lowest BCUT2D eigenvalue weighted by Crippen LogP contribution is -2.48. The van der Waals surface area contributed by atoms with Gasteiger partial charge < -0.3 is 15.8 Å². The molecule has 5 rings (SSSR count). The van der Waals surface area contributed by atoms with Gasteiger partial charge in [-0.1, -0.05) is 41.4 Å². The molecule has 0 atom stereocenters. The van der Waals surface area contributed by atoms with Gasteiger partial charge in [0.1, 0.15) is 10.9 Å². The predicted octanol–water partition coefficient (Wildman–Crippen LogP) is 1.33. The average molecular weight is 488 g/mol. The minimum absolute atomic E-state index is 0.225. The van der Waals surface area contributed by atoms with E-state index in [1.165, 1.54) is 4.40 Å². The van der Waals surface area contributed by atoms with E-state index in [1.54, 1.807) is 12.3 Å². The second-order valence-corrected chi connectivity index (χ2v) is 9.08. The van der Waals surface area contributed by atoms with Crippen molar-refractivity contribution >= 4 is 28.4 Å². The summed E-state index contributed by atoms with van der Waals surface area (Å²) < 4.78 is 8.80. The fourth-order valence-corrected chi connectivity index (χ4v) is 4.64. The van der Waals surface area contributed by atoms with E-state index in [4.69, 9.17) is 15.5 Å². The van der Waals surface area contributed by atoms with Crippen molar-refractivity contribution < 1.29 is 14.1 Å². The molecular formula is C27H31N6O3+. The maximum Gasteiger partial charge on any atom is 0.278 e. The third-order valence-electron chi connectivity index (χ3n) is 6.71. The van der Waals surface area contributed by atoms with E-state index in [0.717, 1.165) is 24.2 Å². The summed E-state index contributed by atoms with van der Waals surface area (Å²) in [6, 6.07) is 15.3. The number of nitrogens with zero attached hydrogens (tertiary/aromatic N) is 4. The van der Waals surface area contributed by atoms with Crippen LogP contribution in [0, 0.1) is 6.92 Å². The topological polar surface area (TPSA) is 106 Å². The number of rotatable bonds is 7. The van der Waals surface area contributed by atoms with Crippen molar-refractivity contribution in [2.75, 3.05) is 45.1 Å². The lowest BCUT2D eigenvalue weighted by atomic mass is 10.1. The summed E-state index contributed by atoms with van der Waals surface area (Å²) in [6.07, 6.45) is 2.40. The molecule has 36 heavy (non-hydrogen) atoms. The van der Waals surface area contributed by atoms with Crippen molar-refractivity contribution in [1.82, 2.24) is 19.6 Å². The van der Waals surface area contributed by atoms with E-state index in [1.807, 2.05) is 54.0 Å². The van der Waals surface area contributed by atoms with Crippen LogP contribution in [0.5, 0.6) is 0 Å². The monoisotopic (exact) mass is 487 g/mol. The van der Waals surface area contributed by atoms with Crippen LogP contribution in [0.15, 0.2) is 59.5 Å². The largest absolute Gasteiger partial charge is 0.379 e. The zero-order valence-corrected chi connectivity index (χ0v) is 20.4. The summed E-state index contributed by atoms with van der Waals surface area (Å²) in [5.41, 5.74) is 9.73. The van der Waals surface area contributed by atoms with Crippen LogP contribution < -0.4 is 21.2 Å². The molecule has 186 valence electrons. The van der Waals surface area contributed by atoms with Crippen molar-refractivity contribution in [3.05, 3.63) is 81.8 Å². The number of nitrogens with two attached hydrogens (primary N) is 1. The first-order chi connectivity index (χ1) is 17.5. The Bertz CT molecular complexity index is 1460. The number of morpholine rings is 1. The zero-order valence-electron chi connectivity index (χ0n) is 20.4. The van der Waals surface area contributed by atoms with E-state index in [0.29, 0.717) is 61.8 Å². The number of carbonyl (C=O) groups is 1. The van der Waals surface area contributed by atoms with Crippen molar-refractivity contribution in [2.24, 2.45) is 0 Å². The molecule has 1 fully saturated rings. The number of hydrogen-bond donors (Lipinski definition) is 2. The number of aryl methyl sites for hydroxylation is 1. The molecule has 0 unspecified atom stereocenters. The first kappa shape index (κ1) is 23.9. The molecule has 1 aliphatic rings. The number of anilines is 1. The quantitative estimate of drug-likeness (QED) is 0.301. The van der Waals surface area contributed by atoms with Crippen molar-refractivity contribution in [3.8, 4) is 0 Å². The molecule has 0 aliphatic carbocycles. The van der Waals surface area contributed by atoms with Crippen LogP contribution in [0.25, 0.3) is 16.7 Å². The van der Waals surface area contributed by atoms with Gasteiger partial charge in [-0.3, -0.25) is 18.9 Å². The Morgan fingerprint density at radius 1 is 1.17 bits per heavy atom. The summed E-state index contributed by atoms with van der Waals surface area (Å²) in [5.74, 6) is -0.00278. The molecular weight excluding hydrogens is 456 g/mol. The Kier molecular flexibility index (Phi) is 6.92. The average Bonchev–Trinajstić information content (AvgIpc) is 2.90. The molecule has 0 radical (unpaired) electrons. The van der Waals surface area contributed by atoms with Gasteiger partial charge >= 0.3 is 0 Å². The van der Waals surface area contributed by atoms with Crippen molar-refractivity contribution in [3.63, 3.8) is 0 Å². The van der Waals surface area contributed by atoms with E-state index >= 15 is 0 Å². The highest BCUT2D eigenvalue weighted by atomic mass is 16.5. The molecule has 9 heteroatoms. The van der Waals surface area contributed by atoms with Gasteiger partial charge in [-0.2, -0.15) is 0 Å². The van der Waals surface area contributed by atoms with Crippen molar-refractivity contribution in [2.45, 2.75) is 19.9 Å². The van der Waals surface area contributed by atoms with E-state index in [-0.39, 0.29) is 17.0 Å². The molecule has 0 bridgehead atoms. The molecule has 4 aromatic rings. The molecule has 1 aliphatic heterocycles. The van der Waals surface area contributed by atoms with Crippen LogP contribution in [0.1, 0.15) is 21.5 Å². The lowest BCUT2D eigenvalue weighted by molar-refractivity contribution is -0.658. The number of ether oxygens (including phenoxy) is 1. The molecule has 1 saturated heterocycles. The van der Waals surface area contributed by atoms with Gasteiger partial charge in [0.15, 0.2) is 0 Å². The smallest absolute Gasteiger partial charge is 0.278 e. The number of pyridine rings is 2. The Morgan fingerprint density at radius 3 is 2.72 bits per heavy atom. The van der Waals surface area contributed by atoms with Crippen LogP contribution in [0.3, 0.4) is 0 Å². The van der Waals surface area contributed by atoms with Crippen LogP contribution in [-0.4, -0.2) is 59.6 Å². The second kappa shape index (κ2) is 10.4. The Labute approximate surface area is 209 Å². The fourth-order valence-electron chi connectivity index (χ4n) is 4.64. The highest BCUT2D eigenvalue weighted by molar-refractivity contribution is 6.00. The first-order valence-electron chi connectivity index (χ1n) is 12.3. The van der Waals surface area contributed by atoms with Gasteiger partial charge in [0, 0.05) is 37.9 Å². The number of amides is 1. The second-order valence-electron chi connectivity index (χ2n) is 9.08. The van der Waals surface area contributed by atoms with Gasteiger partial charge in [0.05, 0.1) is 19.8 Å². The number of hydrogen-bond acceptors (Lipinski definition) is 6. The molecule has 0 spiro atoms. The highest BCUT2D eigenvalue weighted by Crippen LogP contribution is 2.16. The van der Waals surface area contributed by atoms with E-state index in [2.05, 4.69) is 10.2 Å². The number of carbonyl (C=O) groups excluding carboxylic acids is 1. The van der Waals surface area contributed by atoms with Gasteiger partial charge in [-0.15, -0.1) is 0 Å². The molecule has 1 aromatic carbocycles. The third kappa shape index (κ3) is 4.80. The molecule has 1 amide bonds. The van der Waals surface area contributed by atoms with Gasteiger partial charge in [0.2, 0.25) is 11.5 Å². The molecule has 0 saturated carbocycles. The number of aromatic nitrogens is 3. The number of nitrogen functional groups attached to an aromatic ring is 1. The van der Waals surface area contributed by atoms with Gasteiger partial charge in [0.25, 0.3) is 17.1 Å². The lowest BCUT2D eigenvalue weighted by Gasteiger charge is -2.26. The number of fused-ring (bicyclic) bond motifs is 2. The molecule has 3 N–H and O–H groups in total. The maximum absolute atomic E-state index is 13.5. The SMILES string of the molecule is Cc1cccn2c(=O)c3cc(C(=O)NCCc4ccccc4)c(N)[n+](CCN4CCOCC4)c3nc12. The maximum atomic E-state index is 13.5. The summed E-state index contributed by atoms with van der Waals surface area (Å²) >= 11 is 0. The first-order valence-corrected chi connectivity index (χ1v) is 12.3. The molecule has 3 aromatic heterocycles. The Balaban J connectivity index is 1.53. The van der Waals surface area contributed by atoms with E-state index < -0.39 is 0 Å². The Morgan fingerprint density at radius 2 is 1.94 bits per heavy atom. The van der Waals surface area contributed by atoms with Crippen LogP contribution in [0.2, 0.25) is 0 Å². The minimum atomic E-state index is -0.306. The minimum Gasteiger partial charge on any atom is -0.379 e. The van der Waals surface area contributed by atoms with Gasteiger partial charge in [-0.05, 0) is 31.0 Å². The number of benzene rings is 1. The third-order valence-corrected chi connectivity index (χ3v) is 6.71. The van der Waals surface area contributed by atoms with Crippen molar-refractivity contribution in [1.29, 1.82) is 0 Å².